The number of hydrogen-bond acceptors (Lipinski definition) is 5. The maximum atomic E-state index is 13.7. The zero-order valence-electron chi connectivity index (χ0n) is 18.2. The van der Waals surface area contributed by atoms with Gasteiger partial charge in [-0.1, -0.05) is 23.7 Å². The highest BCUT2D eigenvalue weighted by Crippen LogP contribution is 2.38. The number of hydrogen-bond donors (Lipinski definition) is 0. The summed E-state index contributed by atoms with van der Waals surface area (Å²) in [4.78, 5) is 24.9. The number of carbonyl (C=O) groups is 1. The van der Waals surface area contributed by atoms with E-state index in [1.54, 1.807) is 0 Å². The second-order valence-electron chi connectivity index (χ2n) is 7.46. The first kappa shape index (κ1) is 26.9. The Morgan fingerprint density at radius 3 is 2.03 bits per heavy atom. The molecule has 14 heteroatoms. The lowest BCUT2D eigenvalue weighted by atomic mass is 10.0. The molecule has 4 rings (SSSR count). The SMILES string of the molecule is O=C(COc1c(F)c(F)c(F)c(F)c1F)Oc1ccc2c(=O)c(-c3ccc(Cl)cc3)c(C(F)(F)F)oc2c1. The maximum absolute atomic E-state index is 13.7. The van der Waals surface area contributed by atoms with E-state index in [1.165, 1.54) is 24.3 Å². The Balaban J connectivity index is 1.64. The van der Waals surface area contributed by atoms with Crippen LogP contribution in [-0.4, -0.2) is 12.6 Å². The molecule has 4 aromatic rings. The van der Waals surface area contributed by atoms with Crippen LogP contribution in [0.5, 0.6) is 11.5 Å². The average molecular weight is 565 g/mol. The smallest absolute Gasteiger partial charge is 0.450 e. The number of fused-ring (bicyclic) bond motifs is 1. The van der Waals surface area contributed by atoms with Crippen LogP contribution in [-0.2, 0) is 11.0 Å². The third-order valence-corrected chi connectivity index (χ3v) is 5.24. The van der Waals surface area contributed by atoms with Gasteiger partial charge in [-0.3, -0.25) is 4.79 Å². The molecule has 198 valence electrons. The molecule has 5 nitrogen and oxygen atoms in total. The summed E-state index contributed by atoms with van der Waals surface area (Å²) in [6.45, 7) is -1.36. The lowest BCUT2D eigenvalue weighted by Crippen LogP contribution is -2.20. The molecule has 0 aliphatic heterocycles. The normalized spacial score (nSPS) is 11.6. The Labute approximate surface area is 210 Å². The minimum atomic E-state index is -5.11. The van der Waals surface area contributed by atoms with Gasteiger partial charge < -0.3 is 13.9 Å². The zero-order chi connectivity index (χ0) is 27.9. The van der Waals surface area contributed by atoms with E-state index in [9.17, 15) is 44.7 Å². The topological polar surface area (TPSA) is 65.7 Å². The van der Waals surface area contributed by atoms with Gasteiger partial charge in [0.05, 0.1) is 10.9 Å². The van der Waals surface area contributed by atoms with Crippen molar-refractivity contribution in [2.45, 2.75) is 6.18 Å². The Morgan fingerprint density at radius 1 is 0.868 bits per heavy atom. The Morgan fingerprint density at radius 2 is 1.45 bits per heavy atom. The molecule has 1 heterocycles. The summed E-state index contributed by atoms with van der Waals surface area (Å²) in [5, 5.41) is -0.108. The molecule has 0 saturated heterocycles. The van der Waals surface area contributed by atoms with Gasteiger partial charge in [0, 0.05) is 11.1 Å². The third kappa shape index (κ3) is 5.01. The maximum Gasteiger partial charge on any atom is 0.450 e. The van der Waals surface area contributed by atoms with Crippen molar-refractivity contribution in [2.24, 2.45) is 0 Å². The fraction of sp³-hybridized carbons (Fsp3) is 0.0833. The van der Waals surface area contributed by atoms with Gasteiger partial charge in [-0.15, -0.1) is 0 Å². The molecule has 0 N–H and O–H groups in total. The molecule has 0 atom stereocenters. The molecule has 0 spiro atoms. The lowest BCUT2D eigenvalue weighted by molar-refractivity contribution is -0.152. The van der Waals surface area contributed by atoms with Crippen LogP contribution in [0, 0.1) is 29.1 Å². The van der Waals surface area contributed by atoms with Gasteiger partial charge in [-0.05, 0) is 29.8 Å². The van der Waals surface area contributed by atoms with E-state index in [0.29, 0.717) is 0 Å². The molecule has 0 amide bonds. The van der Waals surface area contributed by atoms with Gasteiger partial charge >= 0.3 is 12.1 Å². The zero-order valence-corrected chi connectivity index (χ0v) is 18.9. The summed E-state index contributed by atoms with van der Waals surface area (Å²) in [6, 6.07) is 7.68. The van der Waals surface area contributed by atoms with Crippen LogP contribution >= 0.6 is 11.6 Å². The Bertz CT molecular complexity index is 1600. The molecule has 0 aliphatic carbocycles. The molecule has 0 saturated carbocycles. The van der Waals surface area contributed by atoms with Crippen molar-refractivity contribution in [3.05, 3.63) is 92.6 Å². The number of ether oxygens (including phenoxy) is 2. The highest BCUT2D eigenvalue weighted by Gasteiger charge is 2.39. The molecule has 1 aromatic heterocycles. The van der Waals surface area contributed by atoms with Crippen LogP contribution in [0.2, 0.25) is 5.02 Å². The quantitative estimate of drug-likeness (QED) is 0.0876. The second kappa shape index (κ2) is 9.97. The van der Waals surface area contributed by atoms with Crippen LogP contribution in [0.15, 0.2) is 51.7 Å². The molecule has 0 radical (unpaired) electrons. The summed E-state index contributed by atoms with van der Waals surface area (Å²) < 4.78 is 122. The second-order valence-corrected chi connectivity index (χ2v) is 7.90. The molecule has 38 heavy (non-hydrogen) atoms. The van der Waals surface area contributed by atoms with Crippen molar-refractivity contribution in [1.29, 1.82) is 0 Å². The minimum absolute atomic E-state index is 0.127. The first-order chi connectivity index (χ1) is 17.8. The van der Waals surface area contributed by atoms with Crippen molar-refractivity contribution in [1.82, 2.24) is 0 Å². The number of rotatable bonds is 5. The predicted octanol–water partition coefficient (Wildman–Crippen LogP) is 6.81. The minimum Gasteiger partial charge on any atom is -0.476 e. The molecule has 0 unspecified atom stereocenters. The first-order valence-electron chi connectivity index (χ1n) is 10.1. The lowest BCUT2D eigenvalue weighted by Gasteiger charge is -2.13. The van der Waals surface area contributed by atoms with Crippen molar-refractivity contribution in [3.63, 3.8) is 0 Å². The standard InChI is InChI=1S/C24H9ClF8O5/c25-10-3-1-9(2-4-10)15-21(35)12-6-5-11(7-13(12)38-23(15)24(31,32)33)37-14(34)8-36-22-19(29)17(27)16(26)18(28)20(22)30/h1-7H,8H2. The van der Waals surface area contributed by atoms with Crippen molar-refractivity contribution in [3.8, 4) is 22.6 Å². The van der Waals surface area contributed by atoms with E-state index in [-0.39, 0.29) is 16.0 Å². The van der Waals surface area contributed by atoms with E-state index in [4.69, 9.17) is 20.8 Å². The largest absolute Gasteiger partial charge is 0.476 e. The van der Waals surface area contributed by atoms with Gasteiger partial charge in [-0.25, -0.2) is 18.0 Å². The van der Waals surface area contributed by atoms with Crippen molar-refractivity contribution in [2.75, 3.05) is 6.61 Å². The van der Waals surface area contributed by atoms with Crippen LogP contribution in [0.25, 0.3) is 22.1 Å². The highest BCUT2D eigenvalue weighted by molar-refractivity contribution is 6.30. The van der Waals surface area contributed by atoms with Crippen LogP contribution < -0.4 is 14.9 Å². The summed E-state index contributed by atoms with van der Waals surface area (Å²) in [6.07, 6.45) is -5.11. The summed E-state index contributed by atoms with van der Waals surface area (Å²) in [7, 11) is 0. The molecule has 3 aromatic carbocycles. The number of benzene rings is 3. The first-order valence-corrected chi connectivity index (χ1v) is 10.5. The number of alkyl halides is 3. The fourth-order valence-corrected chi connectivity index (χ4v) is 3.44. The van der Waals surface area contributed by atoms with Crippen molar-refractivity contribution >= 4 is 28.5 Å². The number of carbonyl (C=O) groups excluding carboxylic acids is 1. The monoisotopic (exact) mass is 564 g/mol. The average Bonchev–Trinajstić information content (AvgIpc) is 2.86. The van der Waals surface area contributed by atoms with E-state index in [1.807, 2.05) is 0 Å². The van der Waals surface area contributed by atoms with Gasteiger partial charge in [0.2, 0.25) is 40.3 Å². The predicted molar refractivity (Wildman–Crippen MR) is 115 cm³/mol. The molecular weight excluding hydrogens is 556 g/mol. The fourth-order valence-electron chi connectivity index (χ4n) is 3.32. The molecular formula is C24H9ClF8O5. The van der Waals surface area contributed by atoms with E-state index >= 15 is 0 Å². The summed E-state index contributed by atoms with van der Waals surface area (Å²) in [5.74, 6) is -17.0. The van der Waals surface area contributed by atoms with Crippen molar-refractivity contribution < 1.29 is 53.8 Å². The van der Waals surface area contributed by atoms with Gasteiger partial charge in [-0.2, -0.15) is 22.0 Å². The van der Waals surface area contributed by atoms with Gasteiger partial charge in [0.1, 0.15) is 11.3 Å². The van der Waals surface area contributed by atoms with E-state index < -0.39 is 81.7 Å². The van der Waals surface area contributed by atoms with E-state index in [2.05, 4.69) is 4.74 Å². The van der Waals surface area contributed by atoms with Gasteiger partial charge in [0.15, 0.2) is 12.4 Å². The molecule has 0 fully saturated rings. The van der Waals surface area contributed by atoms with Crippen LogP contribution in [0.3, 0.4) is 0 Å². The molecule has 0 aliphatic rings. The van der Waals surface area contributed by atoms with E-state index in [0.717, 1.165) is 18.2 Å². The number of esters is 1. The highest BCUT2D eigenvalue weighted by atomic mass is 35.5. The van der Waals surface area contributed by atoms with Gasteiger partial charge in [0.25, 0.3) is 0 Å². The Kier molecular flexibility index (Phi) is 7.06. The number of halogens is 9. The Hall–Kier alpha value is -4.13. The van der Waals surface area contributed by atoms with Crippen LogP contribution in [0.4, 0.5) is 35.1 Å². The summed E-state index contributed by atoms with van der Waals surface area (Å²) >= 11 is 5.76. The van der Waals surface area contributed by atoms with Crippen LogP contribution in [0.1, 0.15) is 5.76 Å². The summed E-state index contributed by atoms with van der Waals surface area (Å²) in [5.41, 5.74) is -2.61. The third-order valence-electron chi connectivity index (χ3n) is 4.99. The molecule has 0 bridgehead atoms.